The number of alkyl halides is 1. The molecule has 0 aliphatic rings. The van der Waals surface area contributed by atoms with Crippen molar-refractivity contribution in [2.24, 2.45) is 0 Å². The van der Waals surface area contributed by atoms with E-state index in [2.05, 4.69) is 15.1 Å². The van der Waals surface area contributed by atoms with Crippen molar-refractivity contribution >= 4 is 23.3 Å². The molecule has 2 aromatic rings. The Balaban J connectivity index is 2.70. The molecular weight excluding hydrogens is 208 g/mol. The van der Waals surface area contributed by atoms with Crippen LogP contribution in [0.2, 0.25) is 0 Å². The normalized spacial score (nSPS) is 10.6. The van der Waals surface area contributed by atoms with E-state index in [1.54, 1.807) is 6.07 Å². The molecule has 0 atom stereocenters. The molecule has 1 N–H and O–H groups in total. The monoisotopic (exact) mass is 212 g/mol. The number of halogens is 1. The molecule has 0 radical (unpaired) electrons. The minimum atomic E-state index is -1.18. The highest BCUT2D eigenvalue weighted by Crippen LogP contribution is 2.05. The molecule has 14 heavy (non-hydrogen) atoms. The third kappa shape index (κ3) is 1.29. The Morgan fingerprint density at radius 3 is 3.07 bits per heavy atom. The molecule has 2 aromatic heterocycles. The number of aromatic nitrogens is 4. The number of hydrogen-bond donors (Lipinski definition) is 1. The fraction of sp³-hybridized carbons (Fsp3) is 0.143. The number of carboxylic acids is 1. The lowest BCUT2D eigenvalue weighted by atomic mass is 10.5. The summed E-state index contributed by atoms with van der Waals surface area (Å²) in [7, 11) is 0. The average Bonchev–Trinajstić information content (AvgIpc) is 2.60. The quantitative estimate of drug-likeness (QED) is 0.736. The van der Waals surface area contributed by atoms with Gasteiger partial charge in [0.05, 0.1) is 11.6 Å². The first kappa shape index (κ1) is 8.89. The van der Waals surface area contributed by atoms with Crippen LogP contribution in [-0.2, 0) is 5.88 Å². The molecule has 0 bridgehead atoms. The fourth-order valence-electron chi connectivity index (χ4n) is 1.03. The number of carboxylic acid groups (broad SMARTS) is 1. The molecule has 2 rings (SSSR count). The predicted octanol–water partition coefficient (Wildman–Crippen LogP) is 0.561. The molecule has 0 saturated carbocycles. The van der Waals surface area contributed by atoms with E-state index in [0.29, 0.717) is 5.69 Å². The van der Waals surface area contributed by atoms with Gasteiger partial charge in [0.15, 0.2) is 0 Å². The van der Waals surface area contributed by atoms with Crippen molar-refractivity contribution < 1.29 is 9.90 Å². The Hall–Kier alpha value is -1.69. The lowest BCUT2D eigenvalue weighted by molar-refractivity contribution is 0.0684. The van der Waals surface area contributed by atoms with Crippen LogP contribution in [0.4, 0.5) is 0 Å². The Kier molecular flexibility index (Phi) is 2.05. The van der Waals surface area contributed by atoms with E-state index in [9.17, 15) is 4.79 Å². The molecule has 0 spiro atoms. The second kappa shape index (κ2) is 3.22. The SMILES string of the molecule is O=C(O)c1nc2nccc(CCl)n2n1. The van der Waals surface area contributed by atoms with Crippen molar-refractivity contribution in [1.82, 2.24) is 19.6 Å². The van der Waals surface area contributed by atoms with E-state index in [1.807, 2.05) is 0 Å². The van der Waals surface area contributed by atoms with Crippen LogP contribution in [-0.4, -0.2) is 30.7 Å². The number of fused-ring (bicyclic) bond motifs is 1. The van der Waals surface area contributed by atoms with Crippen molar-refractivity contribution in [3.63, 3.8) is 0 Å². The van der Waals surface area contributed by atoms with E-state index < -0.39 is 5.97 Å². The number of rotatable bonds is 2. The number of hydrogen-bond acceptors (Lipinski definition) is 4. The summed E-state index contributed by atoms with van der Waals surface area (Å²) in [6.45, 7) is 0. The number of aromatic carboxylic acids is 1. The highest BCUT2D eigenvalue weighted by molar-refractivity contribution is 6.16. The summed E-state index contributed by atoms with van der Waals surface area (Å²) in [5.74, 6) is -1.01. The minimum absolute atomic E-state index is 0.224. The molecule has 0 saturated heterocycles. The van der Waals surface area contributed by atoms with E-state index in [4.69, 9.17) is 16.7 Å². The number of nitrogens with zero attached hydrogens (tertiary/aromatic N) is 4. The van der Waals surface area contributed by atoms with Gasteiger partial charge in [0.2, 0.25) is 0 Å². The van der Waals surface area contributed by atoms with Crippen LogP contribution < -0.4 is 0 Å². The molecular formula is C7H5ClN4O2. The summed E-state index contributed by atoms with van der Waals surface area (Å²) >= 11 is 5.63. The highest BCUT2D eigenvalue weighted by atomic mass is 35.5. The van der Waals surface area contributed by atoms with Gasteiger partial charge < -0.3 is 5.11 Å². The third-order valence-corrected chi connectivity index (χ3v) is 1.92. The minimum Gasteiger partial charge on any atom is -0.475 e. The van der Waals surface area contributed by atoms with E-state index >= 15 is 0 Å². The summed E-state index contributed by atoms with van der Waals surface area (Å²) in [5.41, 5.74) is 0.650. The maximum Gasteiger partial charge on any atom is 0.375 e. The van der Waals surface area contributed by atoms with Gasteiger partial charge in [-0.2, -0.15) is 9.50 Å². The zero-order valence-corrected chi connectivity index (χ0v) is 7.64. The van der Waals surface area contributed by atoms with Crippen molar-refractivity contribution in [3.8, 4) is 0 Å². The molecule has 2 heterocycles. The van der Waals surface area contributed by atoms with Gasteiger partial charge in [0.1, 0.15) is 0 Å². The molecule has 0 fully saturated rings. The predicted molar refractivity (Wildman–Crippen MR) is 47.3 cm³/mol. The molecule has 0 amide bonds. The number of carbonyl (C=O) groups is 1. The standard InChI is InChI=1S/C7H5ClN4O2/c8-3-4-1-2-9-7-10-5(6(13)14)11-12(4)7/h1-2H,3H2,(H,13,14). The molecule has 6 nitrogen and oxygen atoms in total. The first-order valence-electron chi connectivity index (χ1n) is 3.72. The first-order valence-corrected chi connectivity index (χ1v) is 4.25. The molecule has 7 heteroatoms. The van der Waals surface area contributed by atoms with Crippen LogP contribution in [0.1, 0.15) is 16.3 Å². The van der Waals surface area contributed by atoms with Crippen molar-refractivity contribution in [3.05, 3.63) is 23.8 Å². The van der Waals surface area contributed by atoms with Crippen LogP contribution in [0.3, 0.4) is 0 Å². The van der Waals surface area contributed by atoms with Gasteiger partial charge in [-0.15, -0.1) is 16.7 Å². The van der Waals surface area contributed by atoms with Crippen LogP contribution in [0, 0.1) is 0 Å². The smallest absolute Gasteiger partial charge is 0.375 e. The van der Waals surface area contributed by atoms with Crippen LogP contribution in [0.5, 0.6) is 0 Å². The van der Waals surface area contributed by atoms with E-state index in [0.717, 1.165) is 0 Å². The van der Waals surface area contributed by atoms with Gasteiger partial charge in [-0.25, -0.2) is 9.78 Å². The second-order valence-corrected chi connectivity index (χ2v) is 2.79. The Labute approximate surface area is 83.2 Å². The zero-order chi connectivity index (χ0) is 10.1. The molecule has 0 aliphatic carbocycles. The maximum atomic E-state index is 10.6. The van der Waals surface area contributed by atoms with E-state index in [-0.39, 0.29) is 17.5 Å². The van der Waals surface area contributed by atoms with Crippen LogP contribution in [0.15, 0.2) is 12.3 Å². The van der Waals surface area contributed by atoms with Crippen molar-refractivity contribution in [1.29, 1.82) is 0 Å². The summed E-state index contributed by atoms with van der Waals surface area (Å²) < 4.78 is 1.32. The first-order chi connectivity index (χ1) is 6.72. The van der Waals surface area contributed by atoms with Crippen molar-refractivity contribution in [2.45, 2.75) is 5.88 Å². The summed E-state index contributed by atoms with van der Waals surface area (Å²) in [4.78, 5) is 18.1. The zero-order valence-electron chi connectivity index (χ0n) is 6.88. The second-order valence-electron chi connectivity index (χ2n) is 2.52. The van der Waals surface area contributed by atoms with Gasteiger partial charge in [-0.05, 0) is 6.07 Å². The molecule has 72 valence electrons. The molecule has 0 aliphatic heterocycles. The van der Waals surface area contributed by atoms with Crippen molar-refractivity contribution in [2.75, 3.05) is 0 Å². The topological polar surface area (TPSA) is 80.4 Å². The van der Waals surface area contributed by atoms with Gasteiger partial charge in [0, 0.05) is 6.20 Å². The Morgan fingerprint density at radius 2 is 2.43 bits per heavy atom. The summed E-state index contributed by atoms with van der Waals surface area (Å²) in [6, 6.07) is 1.65. The lowest BCUT2D eigenvalue weighted by Crippen LogP contribution is -2.01. The van der Waals surface area contributed by atoms with Gasteiger partial charge >= 0.3 is 5.97 Å². The lowest BCUT2D eigenvalue weighted by Gasteiger charge is -1.95. The van der Waals surface area contributed by atoms with Crippen LogP contribution >= 0.6 is 11.6 Å². The average molecular weight is 213 g/mol. The molecule has 0 aromatic carbocycles. The summed E-state index contributed by atoms with van der Waals surface area (Å²) in [5, 5.41) is 12.4. The third-order valence-electron chi connectivity index (χ3n) is 1.65. The summed E-state index contributed by atoms with van der Waals surface area (Å²) in [6.07, 6.45) is 1.51. The maximum absolute atomic E-state index is 10.6. The Morgan fingerprint density at radius 1 is 1.64 bits per heavy atom. The van der Waals surface area contributed by atoms with Gasteiger partial charge in [0.25, 0.3) is 11.6 Å². The fourth-order valence-corrected chi connectivity index (χ4v) is 1.23. The van der Waals surface area contributed by atoms with E-state index in [1.165, 1.54) is 10.7 Å². The highest BCUT2D eigenvalue weighted by Gasteiger charge is 2.12. The largest absolute Gasteiger partial charge is 0.475 e. The molecule has 0 unspecified atom stereocenters. The van der Waals surface area contributed by atoms with Gasteiger partial charge in [-0.3, -0.25) is 0 Å². The Bertz CT molecular complexity index is 495. The van der Waals surface area contributed by atoms with Gasteiger partial charge in [-0.1, -0.05) is 0 Å². The van der Waals surface area contributed by atoms with Crippen LogP contribution in [0.25, 0.3) is 5.78 Å².